The van der Waals surface area contributed by atoms with Crippen LogP contribution in [0.4, 0.5) is 0 Å². The molecule has 0 heterocycles. The van der Waals surface area contributed by atoms with Crippen LogP contribution in [0, 0.1) is 17.8 Å². The number of allylic oxidation sites excluding steroid dienone is 2. The van der Waals surface area contributed by atoms with Crippen LogP contribution in [0.15, 0.2) is 36.5 Å². The van der Waals surface area contributed by atoms with Gasteiger partial charge in [-0.1, -0.05) is 49.6 Å². The lowest BCUT2D eigenvalue weighted by atomic mass is 9.87. The number of carbonyl (C=O) groups excluding carboxylic acids is 1. The third-order valence-electron chi connectivity index (χ3n) is 6.76. The molecular formula is C25H41NO3. The number of fused-ring (bicyclic) bond motifs is 1. The lowest BCUT2D eigenvalue weighted by molar-refractivity contribution is -0.128. The molecule has 4 nitrogen and oxygen atoms in total. The van der Waals surface area contributed by atoms with Gasteiger partial charge < -0.3 is 15.1 Å². The molecule has 0 aromatic heterocycles. The zero-order valence-electron chi connectivity index (χ0n) is 18.6. The number of carbonyl (C=O) groups is 1. The number of nitrogens with zero attached hydrogens (tertiary/aromatic N) is 1. The molecule has 1 saturated carbocycles. The zero-order valence-corrected chi connectivity index (χ0v) is 18.6. The molecular weight excluding hydrogens is 362 g/mol. The molecule has 29 heavy (non-hydrogen) atoms. The zero-order chi connectivity index (χ0) is 21.4. The maximum absolute atomic E-state index is 11.7. The average Bonchev–Trinajstić information content (AvgIpc) is 3.20. The van der Waals surface area contributed by atoms with E-state index in [9.17, 15) is 15.0 Å². The van der Waals surface area contributed by atoms with Crippen LogP contribution in [0.25, 0.3) is 0 Å². The predicted molar refractivity (Wildman–Crippen MR) is 119 cm³/mol. The van der Waals surface area contributed by atoms with Crippen molar-refractivity contribution in [2.24, 2.45) is 17.8 Å². The summed E-state index contributed by atoms with van der Waals surface area (Å²) in [5.41, 5.74) is 0.659. The molecule has 5 atom stereocenters. The van der Waals surface area contributed by atoms with Gasteiger partial charge >= 0.3 is 0 Å². The summed E-state index contributed by atoms with van der Waals surface area (Å²) in [7, 11) is 3.61. The van der Waals surface area contributed by atoms with Crippen LogP contribution >= 0.6 is 0 Å². The largest absolute Gasteiger partial charge is 0.392 e. The van der Waals surface area contributed by atoms with E-state index in [1.165, 1.54) is 5.57 Å². The Balaban J connectivity index is 1.82. The van der Waals surface area contributed by atoms with Gasteiger partial charge in [-0.2, -0.15) is 0 Å². The molecule has 2 aliphatic rings. The molecule has 0 spiro atoms. The summed E-state index contributed by atoms with van der Waals surface area (Å²) >= 11 is 0. The average molecular weight is 404 g/mol. The topological polar surface area (TPSA) is 60.8 Å². The Kier molecular flexibility index (Phi) is 9.16. The van der Waals surface area contributed by atoms with E-state index in [1.807, 2.05) is 14.1 Å². The predicted octanol–water partition coefficient (Wildman–Crippen LogP) is 4.63. The standard InChI is InChI=1S/C25H41NO3/c1-5-7-14-25(29,6-2)15-10-12-21-22-17-19(16-20(22)18-23(21)27)11-8-9-13-24(28)26(3)4/h6,10,12,16,20-23,27,29H,2,5,7-9,11,13-15,17-18H2,1,3-4H3/b12-10+/t20-,21+,22-,23+,25+/m0/s1. The van der Waals surface area contributed by atoms with E-state index < -0.39 is 5.60 Å². The first kappa shape index (κ1) is 23.9. The van der Waals surface area contributed by atoms with E-state index in [0.29, 0.717) is 24.7 Å². The molecule has 164 valence electrons. The summed E-state index contributed by atoms with van der Waals surface area (Å²) in [5, 5.41) is 21.2. The van der Waals surface area contributed by atoms with Crippen LogP contribution in [0.1, 0.15) is 71.1 Å². The number of amides is 1. The third-order valence-corrected chi connectivity index (χ3v) is 6.76. The Morgan fingerprint density at radius 3 is 2.76 bits per heavy atom. The van der Waals surface area contributed by atoms with E-state index in [0.717, 1.165) is 51.4 Å². The quantitative estimate of drug-likeness (QED) is 0.369. The van der Waals surface area contributed by atoms with Crippen molar-refractivity contribution >= 4 is 5.91 Å². The van der Waals surface area contributed by atoms with Gasteiger partial charge in [0.1, 0.15) is 0 Å². The highest BCUT2D eigenvalue weighted by atomic mass is 16.3. The Labute approximate surface area is 177 Å². The van der Waals surface area contributed by atoms with E-state index >= 15 is 0 Å². The van der Waals surface area contributed by atoms with E-state index in [2.05, 4.69) is 31.7 Å². The summed E-state index contributed by atoms with van der Waals surface area (Å²) in [6.45, 7) is 5.93. The van der Waals surface area contributed by atoms with Gasteiger partial charge in [-0.05, 0) is 56.8 Å². The maximum Gasteiger partial charge on any atom is 0.222 e. The smallest absolute Gasteiger partial charge is 0.222 e. The summed E-state index contributed by atoms with van der Waals surface area (Å²) in [5.74, 6) is 1.32. The van der Waals surface area contributed by atoms with Gasteiger partial charge in [-0.15, -0.1) is 6.58 Å². The molecule has 0 bridgehead atoms. The highest BCUT2D eigenvalue weighted by Crippen LogP contribution is 2.48. The van der Waals surface area contributed by atoms with E-state index in [1.54, 1.807) is 11.0 Å². The molecule has 1 fully saturated rings. The summed E-state index contributed by atoms with van der Waals surface area (Å²) < 4.78 is 0. The Hall–Kier alpha value is -1.39. The normalized spacial score (nSPS) is 28.2. The second-order valence-corrected chi connectivity index (χ2v) is 9.28. The van der Waals surface area contributed by atoms with Crippen LogP contribution in [0.5, 0.6) is 0 Å². The molecule has 0 aromatic rings. The van der Waals surface area contributed by atoms with Crippen LogP contribution in [0.3, 0.4) is 0 Å². The van der Waals surface area contributed by atoms with Crippen molar-refractivity contribution in [3.63, 3.8) is 0 Å². The van der Waals surface area contributed by atoms with Crippen molar-refractivity contribution < 1.29 is 15.0 Å². The van der Waals surface area contributed by atoms with Crippen molar-refractivity contribution in [3.8, 4) is 0 Å². The van der Waals surface area contributed by atoms with Crippen molar-refractivity contribution in [2.75, 3.05) is 14.1 Å². The second-order valence-electron chi connectivity index (χ2n) is 9.28. The Bertz CT molecular complexity index is 609. The lowest BCUT2D eigenvalue weighted by Gasteiger charge is -2.23. The molecule has 0 radical (unpaired) electrons. The summed E-state index contributed by atoms with van der Waals surface area (Å²) in [6.07, 6.45) is 16.9. The van der Waals surface area contributed by atoms with Crippen LogP contribution in [0.2, 0.25) is 0 Å². The van der Waals surface area contributed by atoms with Gasteiger partial charge in [0, 0.05) is 26.4 Å². The van der Waals surface area contributed by atoms with Crippen molar-refractivity contribution in [2.45, 2.75) is 82.8 Å². The fraction of sp³-hybridized carbons (Fsp3) is 0.720. The van der Waals surface area contributed by atoms with Crippen molar-refractivity contribution in [1.82, 2.24) is 4.90 Å². The molecule has 1 amide bonds. The Morgan fingerprint density at radius 1 is 1.34 bits per heavy atom. The third kappa shape index (κ3) is 6.82. The highest BCUT2D eigenvalue weighted by Gasteiger charge is 2.43. The van der Waals surface area contributed by atoms with Gasteiger partial charge in [0.25, 0.3) is 0 Å². The SMILES string of the molecule is C=C[C@](O)(C/C=C/[C@@H]1[C@H]2CC(CCCCC(=O)N(C)C)=C[C@H]2C[C@H]1O)CCCC. The first-order valence-corrected chi connectivity index (χ1v) is 11.4. The molecule has 0 aromatic carbocycles. The molecule has 4 heteroatoms. The van der Waals surface area contributed by atoms with Gasteiger partial charge in [-0.3, -0.25) is 4.79 Å². The van der Waals surface area contributed by atoms with Crippen LogP contribution < -0.4 is 0 Å². The number of hydrogen-bond donors (Lipinski definition) is 2. The van der Waals surface area contributed by atoms with Gasteiger partial charge in [0.05, 0.1) is 11.7 Å². The number of unbranched alkanes of at least 4 members (excludes halogenated alkanes) is 2. The molecule has 2 aliphatic carbocycles. The number of aliphatic hydroxyl groups is 2. The minimum absolute atomic E-state index is 0.171. The Morgan fingerprint density at radius 2 is 2.10 bits per heavy atom. The van der Waals surface area contributed by atoms with E-state index in [-0.39, 0.29) is 17.9 Å². The monoisotopic (exact) mass is 403 g/mol. The van der Waals surface area contributed by atoms with Gasteiger partial charge in [0.2, 0.25) is 5.91 Å². The van der Waals surface area contributed by atoms with Crippen molar-refractivity contribution in [1.29, 1.82) is 0 Å². The number of hydrogen-bond acceptors (Lipinski definition) is 3. The fourth-order valence-corrected chi connectivity index (χ4v) is 4.84. The van der Waals surface area contributed by atoms with E-state index in [4.69, 9.17) is 0 Å². The summed E-state index contributed by atoms with van der Waals surface area (Å²) in [6, 6.07) is 0. The van der Waals surface area contributed by atoms with Gasteiger partial charge in [-0.25, -0.2) is 0 Å². The van der Waals surface area contributed by atoms with Crippen LogP contribution in [-0.4, -0.2) is 46.8 Å². The first-order chi connectivity index (χ1) is 13.8. The molecule has 0 unspecified atom stereocenters. The summed E-state index contributed by atoms with van der Waals surface area (Å²) in [4.78, 5) is 13.3. The molecule has 2 rings (SSSR count). The minimum Gasteiger partial charge on any atom is -0.392 e. The minimum atomic E-state index is -0.835. The van der Waals surface area contributed by atoms with Crippen LogP contribution in [-0.2, 0) is 4.79 Å². The highest BCUT2D eigenvalue weighted by molar-refractivity contribution is 5.75. The second kappa shape index (κ2) is 11.1. The fourth-order valence-electron chi connectivity index (χ4n) is 4.84. The molecule has 0 aliphatic heterocycles. The molecule has 2 N–H and O–H groups in total. The van der Waals surface area contributed by atoms with Gasteiger partial charge in [0.15, 0.2) is 0 Å². The first-order valence-electron chi connectivity index (χ1n) is 11.4. The van der Waals surface area contributed by atoms with Crippen molar-refractivity contribution in [3.05, 3.63) is 36.5 Å². The number of rotatable bonds is 12. The molecule has 0 saturated heterocycles. The lowest BCUT2D eigenvalue weighted by Crippen LogP contribution is -2.24. The maximum atomic E-state index is 11.7. The number of aliphatic hydroxyl groups excluding tert-OH is 1.